The summed E-state index contributed by atoms with van der Waals surface area (Å²) in [6.07, 6.45) is 2.34. The summed E-state index contributed by atoms with van der Waals surface area (Å²) in [4.78, 5) is 0. The second-order valence-corrected chi connectivity index (χ2v) is 10.1. The van der Waals surface area contributed by atoms with E-state index < -0.39 is 8.56 Å². The average Bonchev–Trinajstić information content (AvgIpc) is 2.27. The molecule has 0 saturated carbocycles. The minimum absolute atomic E-state index is 0.308. The molecule has 0 unspecified atom stereocenters. The summed E-state index contributed by atoms with van der Waals surface area (Å²) < 4.78 is 11.8. The molecule has 0 aromatic carbocycles. The molecule has 0 aliphatic carbocycles. The second-order valence-electron chi connectivity index (χ2n) is 6.71. The predicted molar refractivity (Wildman–Crippen MR) is 77.5 cm³/mol. The largest absolute Gasteiger partial charge is 0.398 e. The Hall–Kier alpha value is 0.137. The smallest absolute Gasteiger partial charge is 0.338 e. The zero-order valence-electron chi connectivity index (χ0n) is 13.1. The number of hydrogen-bond donors (Lipinski definition) is 0. The van der Waals surface area contributed by atoms with Gasteiger partial charge in [-0.15, -0.1) is 0 Å². The van der Waals surface area contributed by atoms with Crippen LogP contribution in [0.1, 0.15) is 54.4 Å². The third kappa shape index (κ3) is 5.54. The van der Waals surface area contributed by atoms with Crippen molar-refractivity contribution in [1.29, 1.82) is 0 Å². The van der Waals surface area contributed by atoms with Crippen LogP contribution in [-0.2, 0) is 8.85 Å². The van der Waals surface area contributed by atoms with Crippen LogP contribution in [0.5, 0.6) is 0 Å². The summed E-state index contributed by atoms with van der Waals surface area (Å²) in [7, 11) is 1.60. The Morgan fingerprint density at radius 3 is 1.24 bits per heavy atom. The first-order valence-electron chi connectivity index (χ1n) is 6.76. The molecule has 0 aromatic rings. The van der Waals surface area contributed by atoms with E-state index >= 15 is 0 Å². The molecule has 0 amide bonds. The molecular formula is C14H32O2Si. The minimum atomic E-state index is -2.06. The van der Waals surface area contributed by atoms with Crippen LogP contribution >= 0.6 is 0 Å². The molecule has 0 radical (unpaired) electrons. The molecule has 0 aliphatic heterocycles. The van der Waals surface area contributed by atoms with E-state index in [1.165, 1.54) is 12.8 Å². The average molecular weight is 260 g/mol. The van der Waals surface area contributed by atoms with Crippen molar-refractivity contribution in [1.82, 2.24) is 0 Å². The molecule has 17 heavy (non-hydrogen) atoms. The Morgan fingerprint density at radius 1 is 0.765 bits per heavy atom. The van der Waals surface area contributed by atoms with E-state index in [0.29, 0.717) is 10.8 Å². The molecule has 0 rings (SSSR count). The Morgan fingerprint density at radius 2 is 1.06 bits per heavy atom. The molecule has 0 bridgehead atoms. The zero-order valence-corrected chi connectivity index (χ0v) is 14.1. The van der Waals surface area contributed by atoms with Gasteiger partial charge >= 0.3 is 8.56 Å². The van der Waals surface area contributed by atoms with Gasteiger partial charge in [0.1, 0.15) is 0 Å². The van der Waals surface area contributed by atoms with Gasteiger partial charge in [-0.2, -0.15) is 0 Å². The minimum Gasteiger partial charge on any atom is -0.398 e. The van der Waals surface area contributed by atoms with Crippen LogP contribution in [-0.4, -0.2) is 22.8 Å². The van der Waals surface area contributed by atoms with Crippen molar-refractivity contribution in [2.24, 2.45) is 10.8 Å². The van der Waals surface area contributed by atoms with Crippen LogP contribution in [0, 0.1) is 10.8 Å². The van der Waals surface area contributed by atoms with Crippen molar-refractivity contribution in [3.8, 4) is 0 Å². The molecule has 0 heterocycles. The zero-order chi connectivity index (χ0) is 13.7. The van der Waals surface area contributed by atoms with Crippen LogP contribution in [0.25, 0.3) is 0 Å². The fraction of sp³-hybridized carbons (Fsp3) is 1.00. The van der Waals surface area contributed by atoms with Crippen LogP contribution < -0.4 is 0 Å². The summed E-state index contributed by atoms with van der Waals surface area (Å²) in [6.45, 7) is 13.7. The quantitative estimate of drug-likeness (QED) is 0.594. The molecule has 3 heteroatoms. The van der Waals surface area contributed by atoms with E-state index in [4.69, 9.17) is 8.85 Å². The molecule has 0 fully saturated rings. The molecule has 0 saturated heterocycles. The Balaban J connectivity index is 4.91. The standard InChI is InChI=1S/C14H32O2Si/c1-9-13(3,4)11-17(15-7,16-8)12-14(5,6)10-2/h9-12H2,1-8H3. The van der Waals surface area contributed by atoms with Gasteiger partial charge in [0.25, 0.3) is 0 Å². The molecule has 2 nitrogen and oxygen atoms in total. The first kappa shape index (κ1) is 17.1. The maximum absolute atomic E-state index is 5.88. The van der Waals surface area contributed by atoms with Gasteiger partial charge < -0.3 is 8.85 Å². The molecule has 104 valence electrons. The van der Waals surface area contributed by atoms with Gasteiger partial charge in [-0.25, -0.2) is 0 Å². The molecule has 0 aromatic heterocycles. The van der Waals surface area contributed by atoms with Crippen molar-refractivity contribution >= 4 is 8.56 Å². The lowest BCUT2D eigenvalue weighted by atomic mass is 9.93. The molecule has 0 N–H and O–H groups in total. The third-order valence-electron chi connectivity index (χ3n) is 4.15. The van der Waals surface area contributed by atoms with Crippen molar-refractivity contribution in [3.63, 3.8) is 0 Å². The van der Waals surface area contributed by atoms with E-state index in [1.807, 2.05) is 14.2 Å². The summed E-state index contributed by atoms with van der Waals surface area (Å²) in [5.74, 6) is 0. The van der Waals surface area contributed by atoms with Gasteiger partial charge in [-0.1, -0.05) is 54.4 Å². The fourth-order valence-electron chi connectivity index (χ4n) is 2.14. The maximum Gasteiger partial charge on any atom is 0.338 e. The van der Waals surface area contributed by atoms with E-state index in [0.717, 1.165) is 12.1 Å². The van der Waals surface area contributed by atoms with Gasteiger partial charge in [0.2, 0.25) is 0 Å². The van der Waals surface area contributed by atoms with Crippen molar-refractivity contribution < 1.29 is 8.85 Å². The Kier molecular flexibility index (Phi) is 6.40. The molecule has 0 aliphatic rings. The lowest BCUT2D eigenvalue weighted by Gasteiger charge is -2.39. The number of rotatable bonds is 8. The lowest BCUT2D eigenvalue weighted by molar-refractivity contribution is 0.198. The monoisotopic (exact) mass is 260 g/mol. The highest BCUT2D eigenvalue weighted by Crippen LogP contribution is 2.40. The van der Waals surface area contributed by atoms with Crippen molar-refractivity contribution in [2.45, 2.75) is 66.5 Å². The molecular weight excluding hydrogens is 228 g/mol. The molecule has 0 spiro atoms. The van der Waals surface area contributed by atoms with Crippen LogP contribution in [0.15, 0.2) is 0 Å². The highest BCUT2D eigenvalue weighted by Gasteiger charge is 2.44. The summed E-state index contributed by atoms with van der Waals surface area (Å²) in [6, 6.07) is 2.15. The van der Waals surface area contributed by atoms with Crippen LogP contribution in [0.3, 0.4) is 0 Å². The van der Waals surface area contributed by atoms with Crippen molar-refractivity contribution in [3.05, 3.63) is 0 Å². The Bertz CT molecular complexity index is 200. The van der Waals surface area contributed by atoms with Gasteiger partial charge in [0.15, 0.2) is 0 Å². The van der Waals surface area contributed by atoms with E-state index in [9.17, 15) is 0 Å². The van der Waals surface area contributed by atoms with E-state index in [1.54, 1.807) is 0 Å². The van der Waals surface area contributed by atoms with Crippen LogP contribution in [0.4, 0.5) is 0 Å². The first-order chi connectivity index (χ1) is 7.66. The van der Waals surface area contributed by atoms with Gasteiger partial charge in [0, 0.05) is 14.2 Å². The molecule has 0 atom stereocenters. The second kappa shape index (κ2) is 6.35. The highest BCUT2D eigenvalue weighted by molar-refractivity contribution is 6.67. The highest BCUT2D eigenvalue weighted by atomic mass is 28.4. The topological polar surface area (TPSA) is 18.5 Å². The van der Waals surface area contributed by atoms with Crippen molar-refractivity contribution in [2.75, 3.05) is 14.2 Å². The lowest BCUT2D eigenvalue weighted by Crippen LogP contribution is -2.46. The predicted octanol–water partition coefficient (Wildman–Crippen LogP) is 4.59. The van der Waals surface area contributed by atoms with Gasteiger partial charge in [-0.3, -0.25) is 0 Å². The van der Waals surface area contributed by atoms with Crippen LogP contribution in [0.2, 0.25) is 12.1 Å². The van der Waals surface area contributed by atoms with E-state index in [-0.39, 0.29) is 0 Å². The van der Waals surface area contributed by atoms with Gasteiger partial charge in [0.05, 0.1) is 0 Å². The maximum atomic E-state index is 5.88. The normalized spacial score (nSPS) is 14.1. The summed E-state index contributed by atoms with van der Waals surface area (Å²) in [5, 5.41) is 0. The van der Waals surface area contributed by atoms with E-state index in [2.05, 4.69) is 41.5 Å². The fourth-order valence-corrected chi connectivity index (χ4v) is 6.43. The van der Waals surface area contributed by atoms with Gasteiger partial charge in [-0.05, 0) is 22.9 Å². The summed E-state index contributed by atoms with van der Waals surface area (Å²) >= 11 is 0. The first-order valence-corrected chi connectivity index (χ1v) is 8.99. The SMILES string of the molecule is CCC(C)(C)C[Si](CC(C)(C)CC)(OC)OC. The Labute approximate surface area is 109 Å². The third-order valence-corrected chi connectivity index (χ3v) is 8.63. The number of hydrogen-bond acceptors (Lipinski definition) is 2. The summed E-state index contributed by atoms with van der Waals surface area (Å²) in [5.41, 5.74) is 0.615.